The minimum atomic E-state index is -3.99. The van der Waals surface area contributed by atoms with Gasteiger partial charge in [-0.2, -0.15) is 0 Å². The number of rotatable bonds is 4. The lowest BCUT2D eigenvalue weighted by molar-refractivity contribution is -0.384. The lowest BCUT2D eigenvalue weighted by Gasteiger charge is -2.32. The summed E-state index contributed by atoms with van der Waals surface area (Å²) in [4.78, 5) is 17.7. The van der Waals surface area contributed by atoms with Crippen molar-refractivity contribution >= 4 is 27.2 Å². The number of nitro benzene ring substituents is 1. The second-order valence-electron chi connectivity index (χ2n) is 5.67. The Labute approximate surface area is 144 Å². The number of pyridine rings is 1. The fourth-order valence-corrected chi connectivity index (χ4v) is 3.40. The Hall–Kier alpha value is -2.72. The highest BCUT2D eigenvalue weighted by Gasteiger charge is 2.28. The Morgan fingerprint density at radius 1 is 1.08 bits per heavy atom. The molecule has 0 unspecified atom stereocenters. The number of anilines is 2. The lowest BCUT2D eigenvalue weighted by atomic mass is 10.2. The van der Waals surface area contributed by atoms with Crippen molar-refractivity contribution in [2.24, 2.45) is 5.14 Å². The van der Waals surface area contributed by atoms with Gasteiger partial charge >= 0.3 is 0 Å². The minimum Gasteiger partial charge on any atom is -0.358 e. The van der Waals surface area contributed by atoms with Gasteiger partial charge in [-0.25, -0.2) is 18.5 Å². The van der Waals surface area contributed by atoms with Crippen molar-refractivity contribution in [1.82, 2.24) is 0 Å². The van der Waals surface area contributed by atoms with Crippen LogP contribution in [-0.4, -0.2) is 39.5 Å². The zero-order valence-corrected chi connectivity index (χ0v) is 14.1. The van der Waals surface area contributed by atoms with E-state index in [0.717, 1.165) is 11.9 Å². The highest BCUT2D eigenvalue weighted by atomic mass is 32.2. The molecule has 1 aromatic heterocycles. The van der Waals surface area contributed by atoms with Gasteiger partial charge in [0.05, 0.1) is 29.1 Å². The highest BCUT2D eigenvalue weighted by Crippen LogP contribution is 2.31. The van der Waals surface area contributed by atoms with Gasteiger partial charge in [-0.3, -0.25) is 15.0 Å². The normalized spacial score (nSPS) is 15.2. The van der Waals surface area contributed by atoms with Crippen molar-refractivity contribution in [2.75, 3.05) is 36.0 Å². The molecule has 2 aromatic rings. The third-order valence-electron chi connectivity index (χ3n) is 4.13. The van der Waals surface area contributed by atoms with Crippen LogP contribution in [0.4, 0.5) is 17.2 Å². The third-order valence-corrected chi connectivity index (χ3v) is 5.04. The largest absolute Gasteiger partial charge is 0.358 e. The number of sulfonamides is 1. The number of hydrogen-bond acceptors (Lipinski definition) is 6. The first-order chi connectivity index (χ1) is 11.9. The van der Waals surface area contributed by atoms with Crippen LogP contribution in [0.3, 0.4) is 0 Å². The maximum Gasteiger partial charge on any atom is 0.293 e. The smallest absolute Gasteiger partial charge is 0.293 e. The van der Waals surface area contributed by atoms with Crippen LogP contribution < -0.4 is 19.9 Å². The van der Waals surface area contributed by atoms with Gasteiger partial charge in [0.25, 0.3) is 11.5 Å². The zero-order chi connectivity index (χ0) is 18.0. The number of nitrogens with zero attached hydrogens (tertiary/aromatic N) is 3. The van der Waals surface area contributed by atoms with Gasteiger partial charge in [0.2, 0.25) is 10.0 Å². The second kappa shape index (κ2) is 6.65. The molecular formula is C15H18N5O4S+. The van der Waals surface area contributed by atoms with Crippen LogP contribution in [0.25, 0.3) is 0 Å². The molecule has 132 valence electrons. The molecule has 0 saturated carbocycles. The first-order valence-corrected chi connectivity index (χ1v) is 9.19. The Morgan fingerprint density at radius 3 is 2.32 bits per heavy atom. The molecule has 1 fully saturated rings. The number of nitrogens with two attached hydrogens (primary N) is 1. The highest BCUT2D eigenvalue weighted by molar-refractivity contribution is 7.89. The average molecular weight is 364 g/mol. The van der Waals surface area contributed by atoms with Crippen LogP contribution in [0.5, 0.6) is 0 Å². The standard InChI is InChI=1S/C15H17N5O4S/c16-25(23,24)12-4-5-13(14(11-12)20(21)22)18-7-9-19(10-8-18)15-3-1-2-6-17-15/h1-6,11H,7-10H2,(H2,16,23,24)/p+1. The topological polar surface area (TPSA) is 124 Å². The zero-order valence-electron chi connectivity index (χ0n) is 13.3. The SMILES string of the molecule is NS(=O)(=O)c1ccc(N2CCN(c3cccc[nH+]3)CC2)c([N+](=O)[O-])c1. The molecule has 0 bridgehead atoms. The number of aromatic nitrogens is 1. The molecule has 3 rings (SSSR count). The number of H-pyrrole nitrogens is 1. The molecule has 0 atom stereocenters. The molecular weight excluding hydrogens is 346 g/mol. The molecule has 1 saturated heterocycles. The molecule has 9 nitrogen and oxygen atoms in total. The van der Waals surface area contributed by atoms with E-state index in [-0.39, 0.29) is 10.6 Å². The maximum atomic E-state index is 11.4. The van der Waals surface area contributed by atoms with E-state index in [9.17, 15) is 18.5 Å². The number of nitro groups is 1. The van der Waals surface area contributed by atoms with Gasteiger partial charge < -0.3 is 4.90 Å². The first-order valence-electron chi connectivity index (χ1n) is 7.64. The summed E-state index contributed by atoms with van der Waals surface area (Å²) in [6.45, 7) is 2.54. The number of aromatic amines is 1. The van der Waals surface area contributed by atoms with Crippen molar-refractivity contribution in [3.8, 4) is 0 Å². The Balaban J connectivity index is 1.82. The van der Waals surface area contributed by atoms with Crippen molar-refractivity contribution < 1.29 is 18.3 Å². The molecule has 3 N–H and O–H groups in total. The molecule has 0 radical (unpaired) electrons. The molecule has 0 aliphatic carbocycles. The number of benzene rings is 1. The molecule has 10 heteroatoms. The number of hydrogen-bond donors (Lipinski definition) is 1. The summed E-state index contributed by atoms with van der Waals surface area (Å²) < 4.78 is 22.9. The maximum absolute atomic E-state index is 11.4. The van der Waals surface area contributed by atoms with E-state index in [2.05, 4.69) is 9.88 Å². The first kappa shape index (κ1) is 17.1. The van der Waals surface area contributed by atoms with Crippen molar-refractivity contribution in [1.29, 1.82) is 0 Å². The minimum absolute atomic E-state index is 0.258. The summed E-state index contributed by atoms with van der Waals surface area (Å²) in [5.74, 6) is 0.987. The summed E-state index contributed by atoms with van der Waals surface area (Å²) in [5, 5.41) is 16.4. The summed E-state index contributed by atoms with van der Waals surface area (Å²) in [7, 11) is -3.99. The van der Waals surface area contributed by atoms with E-state index >= 15 is 0 Å². The predicted octanol–water partition coefficient (Wildman–Crippen LogP) is 0.383. The van der Waals surface area contributed by atoms with E-state index in [1.807, 2.05) is 29.3 Å². The number of piperazine rings is 1. The fraction of sp³-hybridized carbons (Fsp3) is 0.267. The monoisotopic (exact) mass is 364 g/mol. The van der Waals surface area contributed by atoms with Gasteiger partial charge in [0, 0.05) is 12.1 Å². The molecule has 0 amide bonds. The van der Waals surface area contributed by atoms with Gasteiger partial charge in [0.15, 0.2) is 0 Å². The summed E-state index contributed by atoms with van der Waals surface area (Å²) >= 11 is 0. The van der Waals surface area contributed by atoms with Crippen molar-refractivity contribution in [3.63, 3.8) is 0 Å². The van der Waals surface area contributed by atoms with Crippen LogP contribution in [0, 0.1) is 10.1 Å². The van der Waals surface area contributed by atoms with Gasteiger partial charge in [-0.1, -0.05) is 6.07 Å². The number of primary sulfonamides is 1. The van der Waals surface area contributed by atoms with E-state index in [1.54, 1.807) is 0 Å². The van der Waals surface area contributed by atoms with Crippen LogP contribution >= 0.6 is 0 Å². The number of nitrogens with one attached hydrogen (secondary N) is 1. The van der Waals surface area contributed by atoms with Crippen LogP contribution in [0.2, 0.25) is 0 Å². The lowest BCUT2D eigenvalue weighted by Crippen LogP contribution is -2.48. The predicted molar refractivity (Wildman–Crippen MR) is 91.9 cm³/mol. The van der Waals surface area contributed by atoms with Crippen LogP contribution in [0.15, 0.2) is 47.5 Å². The van der Waals surface area contributed by atoms with E-state index in [4.69, 9.17) is 5.14 Å². The van der Waals surface area contributed by atoms with Crippen molar-refractivity contribution in [3.05, 3.63) is 52.7 Å². The van der Waals surface area contributed by atoms with E-state index in [1.165, 1.54) is 12.1 Å². The Bertz CT molecular complexity index is 880. The third kappa shape index (κ3) is 3.69. The van der Waals surface area contributed by atoms with Crippen LogP contribution in [0.1, 0.15) is 0 Å². The van der Waals surface area contributed by atoms with Crippen molar-refractivity contribution in [2.45, 2.75) is 4.90 Å². The van der Waals surface area contributed by atoms with Gasteiger partial charge in [-0.15, -0.1) is 0 Å². The second-order valence-corrected chi connectivity index (χ2v) is 7.24. The van der Waals surface area contributed by atoms with Crippen LogP contribution in [-0.2, 0) is 10.0 Å². The van der Waals surface area contributed by atoms with E-state index < -0.39 is 14.9 Å². The molecule has 25 heavy (non-hydrogen) atoms. The average Bonchev–Trinajstić information content (AvgIpc) is 2.61. The Kier molecular flexibility index (Phi) is 4.55. The quantitative estimate of drug-likeness (QED) is 0.618. The van der Waals surface area contributed by atoms with Gasteiger partial charge in [0.1, 0.15) is 18.8 Å². The van der Waals surface area contributed by atoms with Gasteiger partial charge in [-0.05, 0) is 18.2 Å². The molecule has 0 spiro atoms. The fourth-order valence-electron chi connectivity index (χ4n) is 2.86. The molecule has 1 aliphatic rings. The summed E-state index contributed by atoms with van der Waals surface area (Å²) in [5.41, 5.74) is 0.139. The summed E-state index contributed by atoms with van der Waals surface area (Å²) in [6.07, 6.45) is 1.85. The molecule has 1 aromatic carbocycles. The molecule has 1 aliphatic heterocycles. The van der Waals surface area contributed by atoms with E-state index in [0.29, 0.717) is 31.9 Å². The Morgan fingerprint density at radius 2 is 1.76 bits per heavy atom. The summed E-state index contributed by atoms with van der Waals surface area (Å²) in [6, 6.07) is 9.57. The molecule has 2 heterocycles.